The molecular weight excluding hydrogens is 511 g/mol. The van der Waals surface area contributed by atoms with Crippen LogP contribution in [0, 0.1) is 5.92 Å². The first-order valence-electron chi connectivity index (χ1n) is 13.5. The van der Waals surface area contributed by atoms with Crippen LogP contribution < -0.4 is 15.4 Å². The van der Waals surface area contributed by atoms with E-state index in [9.17, 15) is 23.1 Å². The molecule has 0 aromatic heterocycles. The number of hydrogen-bond donors (Lipinski definition) is 3. The van der Waals surface area contributed by atoms with E-state index in [0.717, 1.165) is 6.42 Å². The first-order valence-corrected chi connectivity index (χ1v) is 13.5. The number of nitrogens with zero attached hydrogens (tertiary/aromatic N) is 1. The molecule has 7 nitrogen and oxygen atoms in total. The molecule has 0 spiro atoms. The van der Waals surface area contributed by atoms with Crippen molar-refractivity contribution in [2.24, 2.45) is 5.92 Å². The molecule has 39 heavy (non-hydrogen) atoms. The summed E-state index contributed by atoms with van der Waals surface area (Å²) < 4.78 is 50.5. The Morgan fingerprint density at radius 2 is 1.85 bits per heavy atom. The number of rotatable bonds is 13. The molecular formula is C29H40F3N3O4. The number of ether oxygens (including phenoxy) is 2. The quantitative estimate of drug-likeness (QED) is 0.289. The summed E-state index contributed by atoms with van der Waals surface area (Å²) in [5, 5.41) is 17.6. The van der Waals surface area contributed by atoms with Crippen molar-refractivity contribution in [3.8, 4) is 11.5 Å². The van der Waals surface area contributed by atoms with Crippen LogP contribution in [0.25, 0.3) is 0 Å². The van der Waals surface area contributed by atoms with Crippen molar-refractivity contribution in [3.63, 3.8) is 0 Å². The third-order valence-corrected chi connectivity index (χ3v) is 7.12. The molecule has 0 radical (unpaired) electrons. The predicted molar refractivity (Wildman–Crippen MR) is 144 cm³/mol. The first-order chi connectivity index (χ1) is 18.7. The van der Waals surface area contributed by atoms with E-state index >= 15 is 0 Å². The lowest BCUT2D eigenvalue weighted by atomic mass is 9.73. The molecule has 1 fully saturated rings. The third-order valence-electron chi connectivity index (χ3n) is 7.12. The van der Waals surface area contributed by atoms with Crippen molar-refractivity contribution < 1.29 is 32.5 Å². The zero-order valence-corrected chi connectivity index (χ0v) is 22.7. The molecule has 2 aromatic rings. The number of unbranched alkanes of at least 4 members (excludes halogenated alkanes) is 1. The van der Waals surface area contributed by atoms with Crippen LogP contribution in [0.2, 0.25) is 0 Å². The second kappa shape index (κ2) is 14.5. The lowest BCUT2D eigenvalue weighted by molar-refractivity contribution is -0.139. The minimum atomic E-state index is -4.40. The van der Waals surface area contributed by atoms with Crippen molar-refractivity contribution in [2.75, 3.05) is 40.4 Å². The summed E-state index contributed by atoms with van der Waals surface area (Å²) in [4.78, 5) is 14.6. The Bertz CT molecular complexity index is 1020. The lowest BCUT2D eigenvalue weighted by Gasteiger charge is -2.43. The van der Waals surface area contributed by atoms with Gasteiger partial charge in [-0.05, 0) is 57.4 Å². The average Bonchev–Trinajstić information content (AvgIpc) is 2.91. The first kappa shape index (κ1) is 30.7. The molecule has 0 aliphatic carbocycles. The second-order valence-corrected chi connectivity index (χ2v) is 10.1. The molecule has 3 N–H and O–H groups in total. The van der Waals surface area contributed by atoms with Gasteiger partial charge >= 0.3 is 12.2 Å². The van der Waals surface area contributed by atoms with E-state index in [0.29, 0.717) is 55.9 Å². The molecule has 1 aliphatic heterocycles. The maximum absolute atomic E-state index is 13.1. The van der Waals surface area contributed by atoms with Crippen LogP contribution in [0.1, 0.15) is 44.1 Å². The van der Waals surface area contributed by atoms with Crippen LogP contribution in [-0.2, 0) is 10.3 Å². The summed E-state index contributed by atoms with van der Waals surface area (Å²) in [6.45, 7) is 1.17. The van der Waals surface area contributed by atoms with Gasteiger partial charge in [-0.25, -0.2) is 4.79 Å². The summed E-state index contributed by atoms with van der Waals surface area (Å²) in [6.07, 6.45) is -2.39. The highest BCUT2D eigenvalue weighted by molar-refractivity contribution is 5.74. The smallest absolute Gasteiger partial charge is 0.391 e. The summed E-state index contributed by atoms with van der Waals surface area (Å²) in [6, 6.07) is 15.0. The summed E-state index contributed by atoms with van der Waals surface area (Å²) in [5.74, 6) is 0.820. The topological polar surface area (TPSA) is 83.1 Å². The van der Waals surface area contributed by atoms with Crippen LogP contribution in [-0.4, -0.2) is 68.7 Å². The number of methoxy groups -OCH3 is 1. The van der Waals surface area contributed by atoms with Gasteiger partial charge in [-0.2, -0.15) is 13.2 Å². The SMILES string of the molecule is CNCC(CC(F)(F)F)NC(=O)N1CCC[C@@H]([C@@](O)(CCCCOC)c2ccccc2Oc2ccccc2)C1. The van der Waals surface area contributed by atoms with Crippen LogP contribution >= 0.6 is 0 Å². The van der Waals surface area contributed by atoms with Gasteiger partial charge in [0.2, 0.25) is 0 Å². The van der Waals surface area contributed by atoms with Crippen LogP contribution in [0.4, 0.5) is 18.0 Å². The molecule has 2 amide bonds. The zero-order valence-electron chi connectivity index (χ0n) is 22.7. The van der Waals surface area contributed by atoms with Crippen LogP contribution in [0.15, 0.2) is 54.6 Å². The number of likely N-dealkylation sites (tertiary alicyclic amines) is 1. The number of para-hydroxylation sites is 2. The van der Waals surface area contributed by atoms with Crippen LogP contribution in [0.5, 0.6) is 11.5 Å². The Kier molecular flexibility index (Phi) is 11.4. The fourth-order valence-corrected chi connectivity index (χ4v) is 5.25. The second-order valence-electron chi connectivity index (χ2n) is 10.1. The number of nitrogens with one attached hydrogen (secondary N) is 2. The number of carbonyl (C=O) groups excluding carboxylic acids is 1. The van der Waals surface area contributed by atoms with Gasteiger partial charge in [-0.1, -0.05) is 36.4 Å². The number of halogens is 3. The van der Waals surface area contributed by atoms with Gasteiger partial charge in [0, 0.05) is 44.8 Å². The largest absolute Gasteiger partial charge is 0.457 e. The van der Waals surface area contributed by atoms with Gasteiger partial charge in [-0.15, -0.1) is 0 Å². The number of benzene rings is 2. The van der Waals surface area contributed by atoms with E-state index in [-0.39, 0.29) is 19.0 Å². The van der Waals surface area contributed by atoms with E-state index in [2.05, 4.69) is 10.6 Å². The molecule has 1 heterocycles. The summed E-state index contributed by atoms with van der Waals surface area (Å²) >= 11 is 0. The van der Waals surface area contributed by atoms with Gasteiger partial charge in [0.15, 0.2) is 0 Å². The minimum Gasteiger partial charge on any atom is -0.457 e. The zero-order chi connectivity index (χ0) is 28.3. The van der Waals surface area contributed by atoms with Gasteiger partial charge in [0.25, 0.3) is 0 Å². The molecule has 10 heteroatoms. The van der Waals surface area contributed by atoms with E-state index in [4.69, 9.17) is 9.47 Å². The van der Waals surface area contributed by atoms with Crippen molar-refractivity contribution in [2.45, 2.75) is 56.3 Å². The average molecular weight is 552 g/mol. The highest BCUT2D eigenvalue weighted by Crippen LogP contribution is 2.44. The molecule has 0 saturated carbocycles. The monoisotopic (exact) mass is 551 g/mol. The highest BCUT2D eigenvalue weighted by atomic mass is 19.4. The van der Waals surface area contributed by atoms with Crippen molar-refractivity contribution in [1.82, 2.24) is 15.5 Å². The summed E-state index contributed by atoms with van der Waals surface area (Å²) in [7, 11) is 3.18. The van der Waals surface area contributed by atoms with Crippen molar-refractivity contribution in [3.05, 3.63) is 60.2 Å². The fourth-order valence-electron chi connectivity index (χ4n) is 5.25. The standard InChI is InChI=1S/C29H40F3N3O4/c1-33-20-23(19-29(30,31)32)34-27(36)35-17-10-11-22(21-35)28(37,16-8-9-18-38-2)25-14-6-7-15-26(25)39-24-12-4-3-5-13-24/h3-7,12-15,22-23,33,37H,8-11,16-21H2,1-2H3,(H,34,36)/t22-,23?,28+/m1/s1. The maximum Gasteiger partial charge on any atom is 0.391 e. The highest BCUT2D eigenvalue weighted by Gasteiger charge is 2.43. The number of amides is 2. The normalized spacial score (nSPS) is 18.3. The number of aliphatic hydroxyl groups is 1. The number of urea groups is 1. The Morgan fingerprint density at radius 3 is 2.54 bits per heavy atom. The fraction of sp³-hybridized carbons (Fsp3) is 0.552. The van der Waals surface area contributed by atoms with Crippen LogP contribution in [0.3, 0.4) is 0 Å². The molecule has 1 saturated heterocycles. The molecule has 216 valence electrons. The van der Waals surface area contributed by atoms with Gasteiger partial charge in [0.05, 0.1) is 18.1 Å². The number of hydrogen-bond acceptors (Lipinski definition) is 5. The Hall–Kier alpha value is -2.82. The molecule has 0 bridgehead atoms. The number of piperidine rings is 1. The Balaban J connectivity index is 1.84. The van der Waals surface area contributed by atoms with E-state index < -0.39 is 30.3 Å². The Morgan fingerprint density at radius 1 is 1.13 bits per heavy atom. The van der Waals surface area contributed by atoms with Gasteiger partial charge in [-0.3, -0.25) is 0 Å². The number of likely N-dealkylation sites (N-methyl/N-ethyl adjacent to an activating group) is 1. The Labute approximate surface area is 228 Å². The van der Waals surface area contributed by atoms with E-state index in [1.807, 2.05) is 54.6 Å². The third kappa shape index (κ3) is 9.12. The molecule has 1 unspecified atom stereocenters. The molecule has 3 atom stereocenters. The molecule has 2 aromatic carbocycles. The summed E-state index contributed by atoms with van der Waals surface area (Å²) in [5.41, 5.74) is -0.697. The number of alkyl halides is 3. The predicted octanol–water partition coefficient (Wildman–Crippen LogP) is 5.45. The van der Waals surface area contributed by atoms with E-state index in [1.165, 1.54) is 4.90 Å². The van der Waals surface area contributed by atoms with Crippen molar-refractivity contribution in [1.29, 1.82) is 0 Å². The van der Waals surface area contributed by atoms with Gasteiger partial charge in [0.1, 0.15) is 11.5 Å². The molecule has 1 aliphatic rings. The van der Waals surface area contributed by atoms with Gasteiger partial charge < -0.3 is 30.1 Å². The minimum absolute atomic E-state index is 0.00381. The number of carbonyl (C=O) groups is 1. The maximum atomic E-state index is 13.1. The van der Waals surface area contributed by atoms with E-state index in [1.54, 1.807) is 14.2 Å². The molecule has 3 rings (SSSR count). The lowest BCUT2D eigenvalue weighted by Crippen LogP contribution is -2.54. The van der Waals surface area contributed by atoms with Crippen molar-refractivity contribution >= 4 is 6.03 Å².